The van der Waals surface area contributed by atoms with E-state index < -0.39 is 0 Å². The number of rotatable bonds is 7. The van der Waals surface area contributed by atoms with Crippen LogP contribution in [-0.4, -0.2) is 19.6 Å². The van der Waals surface area contributed by atoms with Crippen LogP contribution in [0.1, 0.15) is 19.4 Å². The van der Waals surface area contributed by atoms with E-state index in [1.54, 1.807) is 25.3 Å². The van der Waals surface area contributed by atoms with E-state index in [9.17, 15) is 4.79 Å². The van der Waals surface area contributed by atoms with E-state index in [4.69, 9.17) is 9.47 Å². The fourth-order valence-corrected chi connectivity index (χ4v) is 2.25. The summed E-state index contributed by atoms with van der Waals surface area (Å²) in [5.41, 5.74) is 2.76. The zero-order valence-corrected chi connectivity index (χ0v) is 16.0. The zero-order valence-electron chi connectivity index (χ0n) is 15.2. The van der Waals surface area contributed by atoms with E-state index in [1.165, 1.54) is 11.6 Å². The predicted octanol–water partition coefficient (Wildman–Crippen LogP) is 4.98. The number of hydrogen-bond acceptors (Lipinski definition) is 4. The molecule has 2 aromatic rings. The van der Waals surface area contributed by atoms with Gasteiger partial charge in [-0.05, 0) is 68.0 Å². The number of methoxy groups -OCH3 is 1. The van der Waals surface area contributed by atoms with Gasteiger partial charge in [0.2, 0.25) is 5.91 Å². The van der Waals surface area contributed by atoms with Crippen molar-refractivity contribution in [2.45, 2.75) is 18.7 Å². The topological polar surface area (TPSA) is 47.6 Å². The molecule has 0 aliphatic carbocycles. The fourth-order valence-electron chi connectivity index (χ4n) is 2.11. The van der Waals surface area contributed by atoms with Crippen molar-refractivity contribution < 1.29 is 14.3 Å². The first-order valence-electron chi connectivity index (χ1n) is 8.20. The normalized spacial score (nSPS) is 10.5. The standard InChI is InChI=1S/C21H23NO3S/c1-15(2)12-13-25-19-10-4-16(14-20(19)24-3)5-11-21(23)22-17-6-8-18(26)9-7-17/h4-12,14,26H,13H2,1-3H3,(H,22,23)/b11-5+. The summed E-state index contributed by atoms with van der Waals surface area (Å²) in [6.07, 6.45) is 5.20. The summed E-state index contributed by atoms with van der Waals surface area (Å²) in [4.78, 5) is 12.9. The van der Waals surface area contributed by atoms with E-state index in [1.807, 2.05) is 50.3 Å². The Bertz CT molecular complexity index is 807. The second-order valence-corrected chi connectivity index (χ2v) is 6.39. The zero-order chi connectivity index (χ0) is 18.9. The summed E-state index contributed by atoms with van der Waals surface area (Å²) in [5, 5.41) is 2.80. The van der Waals surface area contributed by atoms with E-state index in [0.29, 0.717) is 18.1 Å². The molecule has 2 aromatic carbocycles. The SMILES string of the molecule is COc1cc(/C=C/C(=O)Nc2ccc(S)cc2)ccc1OCC=C(C)C. The lowest BCUT2D eigenvalue weighted by Crippen LogP contribution is -2.07. The number of allylic oxidation sites excluding steroid dienone is 1. The third kappa shape index (κ3) is 6.33. The van der Waals surface area contributed by atoms with Crippen LogP contribution in [0.15, 0.2) is 65.1 Å². The highest BCUT2D eigenvalue weighted by molar-refractivity contribution is 7.80. The number of ether oxygens (including phenoxy) is 2. The van der Waals surface area contributed by atoms with Crippen LogP contribution in [0.2, 0.25) is 0 Å². The lowest BCUT2D eigenvalue weighted by Gasteiger charge is -2.10. The van der Waals surface area contributed by atoms with Crippen molar-refractivity contribution in [1.29, 1.82) is 0 Å². The first-order chi connectivity index (χ1) is 12.5. The maximum atomic E-state index is 12.0. The van der Waals surface area contributed by atoms with Crippen molar-refractivity contribution in [3.63, 3.8) is 0 Å². The largest absolute Gasteiger partial charge is 0.493 e. The average molecular weight is 369 g/mol. The molecular weight excluding hydrogens is 346 g/mol. The number of hydrogen-bond donors (Lipinski definition) is 2. The molecule has 0 aliphatic heterocycles. The smallest absolute Gasteiger partial charge is 0.248 e. The van der Waals surface area contributed by atoms with Crippen molar-refractivity contribution in [3.05, 3.63) is 65.8 Å². The lowest BCUT2D eigenvalue weighted by atomic mass is 10.2. The van der Waals surface area contributed by atoms with Gasteiger partial charge in [0.05, 0.1) is 7.11 Å². The molecular formula is C21H23NO3S. The summed E-state index contributed by atoms with van der Waals surface area (Å²) in [6.45, 7) is 4.53. The predicted molar refractivity (Wildman–Crippen MR) is 109 cm³/mol. The van der Waals surface area contributed by atoms with Crippen molar-refractivity contribution in [2.75, 3.05) is 19.0 Å². The Morgan fingerprint density at radius 3 is 2.50 bits per heavy atom. The molecule has 0 fully saturated rings. The summed E-state index contributed by atoms with van der Waals surface area (Å²) < 4.78 is 11.1. The number of benzene rings is 2. The number of thiol groups is 1. The Labute approximate surface area is 159 Å². The second kappa shape index (κ2) is 9.73. The molecule has 0 atom stereocenters. The summed E-state index contributed by atoms with van der Waals surface area (Å²) in [7, 11) is 1.59. The second-order valence-electron chi connectivity index (χ2n) is 5.87. The van der Waals surface area contributed by atoms with Gasteiger partial charge in [-0.15, -0.1) is 12.6 Å². The first-order valence-corrected chi connectivity index (χ1v) is 8.65. The number of carbonyl (C=O) groups excluding carboxylic acids is 1. The highest BCUT2D eigenvalue weighted by atomic mass is 32.1. The van der Waals surface area contributed by atoms with Gasteiger partial charge in [0, 0.05) is 16.7 Å². The van der Waals surface area contributed by atoms with E-state index in [-0.39, 0.29) is 5.91 Å². The molecule has 1 amide bonds. The van der Waals surface area contributed by atoms with E-state index >= 15 is 0 Å². The molecule has 2 rings (SSSR count). The molecule has 0 aliphatic rings. The van der Waals surface area contributed by atoms with Crippen LogP contribution in [0.5, 0.6) is 11.5 Å². The molecule has 0 heterocycles. The Hall–Kier alpha value is -2.66. The van der Waals surface area contributed by atoms with Crippen molar-refractivity contribution >= 4 is 30.3 Å². The molecule has 4 nitrogen and oxygen atoms in total. The number of nitrogens with one attached hydrogen (secondary N) is 1. The summed E-state index contributed by atoms with van der Waals surface area (Å²) in [5.74, 6) is 1.08. The number of anilines is 1. The summed E-state index contributed by atoms with van der Waals surface area (Å²) >= 11 is 4.22. The molecule has 0 spiro atoms. The minimum absolute atomic E-state index is 0.209. The van der Waals surface area contributed by atoms with E-state index in [2.05, 4.69) is 17.9 Å². The van der Waals surface area contributed by atoms with Gasteiger partial charge in [-0.1, -0.05) is 11.6 Å². The van der Waals surface area contributed by atoms with Crippen LogP contribution >= 0.6 is 12.6 Å². The van der Waals surface area contributed by atoms with Gasteiger partial charge in [-0.3, -0.25) is 4.79 Å². The van der Waals surface area contributed by atoms with Crippen LogP contribution in [0.4, 0.5) is 5.69 Å². The minimum Gasteiger partial charge on any atom is -0.493 e. The van der Waals surface area contributed by atoms with Gasteiger partial charge in [0.15, 0.2) is 11.5 Å². The van der Waals surface area contributed by atoms with Crippen LogP contribution < -0.4 is 14.8 Å². The molecule has 26 heavy (non-hydrogen) atoms. The Kier molecular flexibility index (Phi) is 7.36. The molecule has 0 saturated heterocycles. The molecule has 0 saturated carbocycles. The van der Waals surface area contributed by atoms with Crippen molar-refractivity contribution in [3.8, 4) is 11.5 Å². The molecule has 0 bridgehead atoms. The third-order valence-electron chi connectivity index (χ3n) is 3.48. The number of amides is 1. The van der Waals surface area contributed by atoms with Gasteiger partial charge in [-0.2, -0.15) is 0 Å². The lowest BCUT2D eigenvalue weighted by molar-refractivity contribution is -0.111. The van der Waals surface area contributed by atoms with Gasteiger partial charge in [0.25, 0.3) is 0 Å². The maximum absolute atomic E-state index is 12.0. The third-order valence-corrected chi connectivity index (χ3v) is 3.78. The fraction of sp³-hybridized carbons (Fsp3) is 0.190. The molecule has 0 radical (unpaired) electrons. The molecule has 1 N–H and O–H groups in total. The Balaban J connectivity index is 2.01. The minimum atomic E-state index is -0.209. The quantitative estimate of drug-likeness (QED) is 0.411. The van der Waals surface area contributed by atoms with Crippen LogP contribution in [0.25, 0.3) is 6.08 Å². The van der Waals surface area contributed by atoms with Crippen LogP contribution in [0, 0.1) is 0 Å². The molecule has 0 aromatic heterocycles. The monoisotopic (exact) mass is 369 g/mol. The van der Waals surface area contributed by atoms with E-state index in [0.717, 1.165) is 16.1 Å². The molecule has 5 heteroatoms. The maximum Gasteiger partial charge on any atom is 0.248 e. The highest BCUT2D eigenvalue weighted by Crippen LogP contribution is 2.28. The highest BCUT2D eigenvalue weighted by Gasteiger charge is 2.05. The number of carbonyl (C=O) groups is 1. The van der Waals surface area contributed by atoms with Gasteiger partial charge in [-0.25, -0.2) is 0 Å². The van der Waals surface area contributed by atoms with Crippen molar-refractivity contribution in [2.24, 2.45) is 0 Å². The molecule has 0 unspecified atom stereocenters. The average Bonchev–Trinajstić information content (AvgIpc) is 2.62. The van der Waals surface area contributed by atoms with Gasteiger partial charge < -0.3 is 14.8 Å². The van der Waals surface area contributed by atoms with Crippen LogP contribution in [-0.2, 0) is 4.79 Å². The molecule has 136 valence electrons. The summed E-state index contributed by atoms with van der Waals surface area (Å²) in [6, 6.07) is 12.8. The Morgan fingerprint density at radius 2 is 1.85 bits per heavy atom. The Morgan fingerprint density at radius 1 is 1.12 bits per heavy atom. The first kappa shape index (κ1) is 19.7. The van der Waals surface area contributed by atoms with Gasteiger partial charge >= 0.3 is 0 Å². The van der Waals surface area contributed by atoms with Gasteiger partial charge in [0.1, 0.15) is 6.61 Å². The van der Waals surface area contributed by atoms with Crippen molar-refractivity contribution in [1.82, 2.24) is 0 Å². The van der Waals surface area contributed by atoms with Crippen LogP contribution in [0.3, 0.4) is 0 Å².